The van der Waals surface area contributed by atoms with Gasteiger partial charge in [0.2, 0.25) is 5.91 Å². The van der Waals surface area contributed by atoms with Crippen LogP contribution in [0.1, 0.15) is 35.6 Å². The molecule has 0 aromatic heterocycles. The van der Waals surface area contributed by atoms with E-state index in [0.717, 1.165) is 11.1 Å². The number of hydrogen-bond donors (Lipinski definition) is 0. The smallest absolute Gasteiger partial charge is 0.413 e. The standard InChI is InChI=1S/C31H31N3O7/c1-3-41-30(36)33-17-16-31(25(18-33)24-13-7-8-14-26(24)34(37)38)28-23(12-9-15-27(28)32(2)29(31)35)20-40-21-39-19-22-10-5-4-6-11-22/h4-15,18H,3,16-17,19-21H2,1-2H3. The van der Waals surface area contributed by atoms with Gasteiger partial charge in [-0.25, -0.2) is 4.79 Å². The quantitative estimate of drug-likeness (QED) is 0.150. The van der Waals surface area contributed by atoms with Crippen molar-refractivity contribution >= 4 is 28.9 Å². The highest BCUT2D eigenvalue weighted by Gasteiger charge is 2.56. The maximum Gasteiger partial charge on any atom is 0.413 e. The predicted molar refractivity (Wildman–Crippen MR) is 152 cm³/mol. The van der Waals surface area contributed by atoms with Crippen molar-refractivity contribution in [3.63, 3.8) is 0 Å². The molecule has 41 heavy (non-hydrogen) atoms. The molecular formula is C31H31N3O7. The summed E-state index contributed by atoms with van der Waals surface area (Å²) >= 11 is 0. The number of carbonyl (C=O) groups is 2. The van der Waals surface area contributed by atoms with Gasteiger partial charge in [-0.15, -0.1) is 0 Å². The van der Waals surface area contributed by atoms with Crippen LogP contribution in [0.5, 0.6) is 0 Å². The molecule has 3 aromatic carbocycles. The number of carbonyl (C=O) groups excluding carboxylic acids is 2. The number of rotatable bonds is 9. The van der Waals surface area contributed by atoms with Crippen LogP contribution in [-0.4, -0.2) is 48.8 Å². The number of para-hydroxylation sites is 1. The number of ether oxygens (including phenoxy) is 3. The minimum Gasteiger partial charge on any atom is -0.449 e. The van der Waals surface area contributed by atoms with Gasteiger partial charge in [0.15, 0.2) is 0 Å². The number of fused-ring (bicyclic) bond motifs is 2. The lowest BCUT2D eigenvalue weighted by Gasteiger charge is -2.38. The molecule has 0 N–H and O–H groups in total. The number of nitrogens with zero attached hydrogens (tertiary/aromatic N) is 3. The summed E-state index contributed by atoms with van der Waals surface area (Å²) in [6.07, 6.45) is 1.16. The largest absolute Gasteiger partial charge is 0.449 e. The number of likely N-dealkylation sites (N-methyl/N-ethyl adjacent to an activating group) is 1. The van der Waals surface area contributed by atoms with E-state index in [1.54, 1.807) is 37.1 Å². The van der Waals surface area contributed by atoms with E-state index in [0.29, 0.717) is 23.4 Å². The van der Waals surface area contributed by atoms with E-state index in [4.69, 9.17) is 14.2 Å². The van der Waals surface area contributed by atoms with Gasteiger partial charge in [0, 0.05) is 42.7 Å². The Morgan fingerprint density at radius 3 is 2.49 bits per heavy atom. The molecule has 1 spiro atoms. The molecule has 5 rings (SSSR count). The SMILES string of the molecule is CCOC(=O)N1C=C(c2ccccc2[N+](=O)[O-])C2(CC1)C(=O)N(C)c1cccc(COCOCc3ccccc3)c12. The van der Waals surface area contributed by atoms with Crippen molar-refractivity contribution in [3.8, 4) is 0 Å². The summed E-state index contributed by atoms with van der Waals surface area (Å²) in [5.41, 5.74) is 2.39. The van der Waals surface area contributed by atoms with Crippen LogP contribution in [0.25, 0.3) is 5.57 Å². The lowest BCUT2D eigenvalue weighted by Crippen LogP contribution is -2.47. The Balaban J connectivity index is 1.54. The summed E-state index contributed by atoms with van der Waals surface area (Å²) in [6.45, 7) is 2.67. The first-order valence-corrected chi connectivity index (χ1v) is 13.4. The lowest BCUT2D eigenvalue weighted by atomic mass is 9.67. The van der Waals surface area contributed by atoms with E-state index < -0.39 is 16.4 Å². The van der Waals surface area contributed by atoms with Crippen LogP contribution in [0.4, 0.5) is 16.2 Å². The molecule has 3 aromatic rings. The average Bonchev–Trinajstić information content (AvgIpc) is 3.20. The number of nitro groups is 1. The van der Waals surface area contributed by atoms with Gasteiger partial charge in [-0.3, -0.25) is 19.8 Å². The number of anilines is 1. The van der Waals surface area contributed by atoms with E-state index in [9.17, 15) is 19.7 Å². The fourth-order valence-electron chi connectivity index (χ4n) is 5.67. The highest BCUT2D eigenvalue weighted by atomic mass is 16.7. The van der Waals surface area contributed by atoms with Gasteiger partial charge in [-0.2, -0.15) is 0 Å². The average molecular weight is 558 g/mol. The summed E-state index contributed by atoms with van der Waals surface area (Å²) in [4.78, 5) is 41.5. The van der Waals surface area contributed by atoms with Crippen LogP contribution in [-0.2, 0) is 37.6 Å². The molecule has 0 radical (unpaired) electrons. The van der Waals surface area contributed by atoms with Gasteiger partial charge >= 0.3 is 6.09 Å². The molecule has 0 fully saturated rings. The molecule has 2 heterocycles. The second-order valence-corrected chi connectivity index (χ2v) is 9.84. The van der Waals surface area contributed by atoms with Crippen molar-refractivity contribution in [3.05, 3.63) is 111 Å². The zero-order valence-electron chi connectivity index (χ0n) is 22.9. The zero-order valence-corrected chi connectivity index (χ0v) is 22.9. The van der Waals surface area contributed by atoms with Crippen molar-refractivity contribution in [1.82, 2.24) is 4.90 Å². The molecular weight excluding hydrogens is 526 g/mol. The van der Waals surface area contributed by atoms with Crippen molar-refractivity contribution < 1.29 is 28.7 Å². The van der Waals surface area contributed by atoms with E-state index in [-0.39, 0.29) is 50.1 Å². The third-order valence-electron chi connectivity index (χ3n) is 7.49. The van der Waals surface area contributed by atoms with Gasteiger partial charge in [0.25, 0.3) is 5.69 Å². The van der Waals surface area contributed by atoms with Gasteiger partial charge in [0.05, 0.1) is 30.3 Å². The monoisotopic (exact) mass is 557 g/mol. The normalized spacial score (nSPS) is 17.9. The molecule has 0 bridgehead atoms. The van der Waals surface area contributed by atoms with Crippen LogP contribution in [0, 0.1) is 10.1 Å². The maximum absolute atomic E-state index is 14.2. The Labute approximate surface area is 237 Å². The summed E-state index contributed by atoms with van der Waals surface area (Å²) in [5.74, 6) is -0.229. The van der Waals surface area contributed by atoms with Gasteiger partial charge in [0.1, 0.15) is 12.2 Å². The molecule has 1 unspecified atom stereocenters. The first-order valence-electron chi connectivity index (χ1n) is 13.4. The molecule has 212 valence electrons. The Kier molecular flexibility index (Phi) is 8.14. The molecule has 0 aliphatic carbocycles. The molecule has 1 atom stereocenters. The maximum atomic E-state index is 14.2. The minimum absolute atomic E-state index is 0.0405. The highest BCUT2D eigenvalue weighted by molar-refractivity contribution is 6.17. The number of benzene rings is 3. The second kappa shape index (κ2) is 11.9. The van der Waals surface area contributed by atoms with Crippen molar-refractivity contribution in [1.29, 1.82) is 0 Å². The Morgan fingerprint density at radius 1 is 1.00 bits per heavy atom. The number of amides is 2. The van der Waals surface area contributed by atoms with Crippen LogP contribution >= 0.6 is 0 Å². The first kappa shape index (κ1) is 28.0. The van der Waals surface area contributed by atoms with Crippen LogP contribution in [0.15, 0.2) is 79.0 Å². The van der Waals surface area contributed by atoms with E-state index in [1.165, 1.54) is 17.2 Å². The third-order valence-corrected chi connectivity index (χ3v) is 7.49. The highest BCUT2D eigenvalue weighted by Crippen LogP contribution is 2.55. The third kappa shape index (κ3) is 5.19. The fourth-order valence-corrected chi connectivity index (χ4v) is 5.67. The molecule has 2 aliphatic rings. The van der Waals surface area contributed by atoms with Crippen molar-refractivity contribution in [2.75, 3.05) is 31.9 Å². The molecule has 2 amide bonds. The van der Waals surface area contributed by atoms with E-state index >= 15 is 0 Å². The fraction of sp³-hybridized carbons (Fsp3) is 0.290. The summed E-state index contributed by atoms with van der Waals surface area (Å²) in [7, 11) is 1.69. The minimum atomic E-state index is -1.27. The van der Waals surface area contributed by atoms with E-state index in [1.807, 2.05) is 48.5 Å². The molecule has 10 heteroatoms. The Morgan fingerprint density at radius 2 is 1.73 bits per heavy atom. The summed E-state index contributed by atoms with van der Waals surface area (Å²) < 4.78 is 16.8. The second-order valence-electron chi connectivity index (χ2n) is 9.84. The number of nitro benzene ring substituents is 1. The van der Waals surface area contributed by atoms with Crippen LogP contribution < -0.4 is 4.90 Å². The van der Waals surface area contributed by atoms with E-state index in [2.05, 4.69) is 0 Å². The number of hydrogen-bond acceptors (Lipinski definition) is 7. The van der Waals surface area contributed by atoms with Crippen LogP contribution in [0.2, 0.25) is 0 Å². The zero-order chi connectivity index (χ0) is 29.0. The summed E-state index contributed by atoms with van der Waals surface area (Å²) in [6, 6.07) is 21.6. The molecule has 2 aliphatic heterocycles. The van der Waals surface area contributed by atoms with Crippen molar-refractivity contribution in [2.24, 2.45) is 0 Å². The molecule has 10 nitrogen and oxygen atoms in total. The van der Waals surface area contributed by atoms with Crippen molar-refractivity contribution in [2.45, 2.75) is 32.0 Å². The predicted octanol–water partition coefficient (Wildman–Crippen LogP) is 5.40. The van der Waals surface area contributed by atoms with Crippen LogP contribution in [0.3, 0.4) is 0 Å². The first-order chi connectivity index (χ1) is 19.9. The van der Waals surface area contributed by atoms with Gasteiger partial charge in [-0.05, 0) is 36.6 Å². The molecule has 0 saturated carbocycles. The Bertz CT molecular complexity index is 1490. The lowest BCUT2D eigenvalue weighted by molar-refractivity contribution is -0.385. The topological polar surface area (TPSA) is 111 Å². The summed E-state index contributed by atoms with van der Waals surface area (Å²) in [5, 5.41) is 12.1. The Hall–Kier alpha value is -4.54. The van der Waals surface area contributed by atoms with Gasteiger partial charge in [-0.1, -0.05) is 54.6 Å². The van der Waals surface area contributed by atoms with Gasteiger partial charge < -0.3 is 19.1 Å². The molecule has 0 saturated heterocycles.